The lowest BCUT2D eigenvalue weighted by atomic mass is 9.73. The van der Waals surface area contributed by atoms with Crippen LogP contribution in [0, 0.1) is 11.8 Å². The molecule has 5 heterocycles. The van der Waals surface area contributed by atoms with Gasteiger partial charge in [-0.15, -0.1) is 0 Å². The number of fused-ring (bicyclic) bond motifs is 2. The summed E-state index contributed by atoms with van der Waals surface area (Å²) in [6.07, 6.45) is 9.38. The van der Waals surface area contributed by atoms with E-state index in [4.69, 9.17) is 9.47 Å². The van der Waals surface area contributed by atoms with Crippen molar-refractivity contribution in [2.45, 2.75) is 43.4 Å². The fourth-order valence-corrected chi connectivity index (χ4v) is 6.85. The molecule has 0 aromatic carbocycles. The number of aliphatic hydroxyl groups excluding tert-OH is 1. The molecule has 0 radical (unpaired) electrons. The van der Waals surface area contributed by atoms with Gasteiger partial charge in [0.15, 0.2) is 0 Å². The Labute approximate surface area is 218 Å². The molecule has 10 nitrogen and oxygen atoms in total. The van der Waals surface area contributed by atoms with Gasteiger partial charge < -0.3 is 29.3 Å². The largest absolute Gasteiger partial charge is 0.396 e. The molecule has 0 bridgehead atoms. The predicted molar refractivity (Wildman–Crippen MR) is 135 cm³/mol. The summed E-state index contributed by atoms with van der Waals surface area (Å²) in [6.45, 7) is 7.57. The fourth-order valence-electron chi connectivity index (χ4n) is 6.85. The van der Waals surface area contributed by atoms with Crippen LogP contribution in [-0.2, 0) is 23.9 Å². The number of carbonyl (C=O) groups is 3. The second kappa shape index (κ2) is 10.5. The van der Waals surface area contributed by atoms with E-state index in [1.165, 1.54) is 0 Å². The van der Waals surface area contributed by atoms with E-state index in [9.17, 15) is 19.5 Å². The molecular weight excluding hydrogens is 476 g/mol. The topological polar surface area (TPSA) is 103 Å². The zero-order valence-electron chi connectivity index (χ0n) is 22.0. The van der Waals surface area contributed by atoms with Crippen LogP contribution in [0.15, 0.2) is 24.3 Å². The smallest absolute Gasteiger partial charge is 0.249 e. The molecule has 5 aliphatic heterocycles. The molecule has 1 N–H and O–H groups in total. The highest BCUT2D eigenvalue weighted by atomic mass is 16.5. The number of likely N-dealkylation sites (tertiary alicyclic amines) is 1. The van der Waals surface area contributed by atoms with Crippen LogP contribution in [0.5, 0.6) is 0 Å². The Morgan fingerprint density at radius 3 is 2.43 bits per heavy atom. The van der Waals surface area contributed by atoms with E-state index >= 15 is 0 Å². The molecule has 3 fully saturated rings. The first-order chi connectivity index (χ1) is 17.9. The van der Waals surface area contributed by atoms with Crippen LogP contribution >= 0.6 is 0 Å². The van der Waals surface area contributed by atoms with Gasteiger partial charge in [-0.2, -0.15) is 0 Å². The highest BCUT2D eigenvalue weighted by Gasteiger charge is 2.75. The molecule has 1 unspecified atom stereocenters. The summed E-state index contributed by atoms with van der Waals surface area (Å²) < 4.78 is 12.4. The number of rotatable bonds is 8. The Morgan fingerprint density at radius 1 is 0.946 bits per heavy atom. The van der Waals surface area contributed by atoms with Crippen LogP contribution in [0.4, 0.5) is 0 Å². The maximum absolute atomic E-state index is 14.2. The lowest BCUT2D eigenvalue weighted by molar-refractivity contribution is -0.154. The van der Waals surface area contributed by atoms with E-state index in [1.54, 1.807) is 16.8 Å². The summed E-state index contributed by atoms with van der Waals surface area (Å²) in [6, 6.07) is -0.839. The number of carbonyl (C=O) groups excluding carboxylic acids is 3. The number of morpholine rings is 1. The summed E-state index contributed by atoms with van der Waals surface area (Å²) in [7, 11) is 1.75. The third kappa shape index (κ3) is 4.31. The SMILES string of the molecule is CC[C@]12C=CCN(C)C(=O)[C@H]1[C@H]1C(=O)N(CCCCO)C3C(=O)N(CCN4CCOCC4)CC=C[C@@]31O2. The second-order valence-electron chi connectivity index (χ2n) is 10.8. The molecule has 3 saturated heterocycles. The highest BCUT2D eigenvalue weighted by molar-refractivity contribution is 6.00. The number of likely N-dealkylation sites (N-methyl/N-ethyl adjacent to an activating group) is 1. The number of ether oxygens (including phenoxy) is 2. The van der Waals surface area contributed by atoms with Gasteiger partial charge in [0.25, 0.3) is 0 Å². The van der Waals surface area contributed by atoms with E-state index in [2.05, 4.69) is 4.90 Å². The first kappa shape index (κ1) is 26.3. The van der Waals surface area contributed by atoms with Crippen molar-refractivity contribution in [3.05, 3.63) is 24.3 Å². The average Bonchev–Trinajstić information content (AvgIpc) is 3.20. The number of nitrogens with zero attached hydrogens (tertiary/aromatic N) is 4. The Hall–Kier alpha value is -2.27. The molecule has 0 saturated carbocycles. The zero-order chi connectivity index (χ0) is 26.2. The molecule has 0 aromatic heterocycles. The molecule has 5 rings (SSSR count). The van der Waals surface area contributed by atoms with Gasteiger partial charge in [-0.25, -0.2) is 0 Å². The quantitative estimate of drug-likeness (QED) is 0.354. The maximum atomic E-state index is 14.2. The highest BCUT2D eigenvalue weighted by Crippen LogP contribution is 2.58. The minimum atomic E-state index is -1.21. The van der Waals surface area contributed by atoms with Gasteiger partial charge in [-0.05, 0) is 19.3 Å². The van der Waals surface area contributed by atoms with Crippen molar-refractivity contribution in [3.63, 3.8) is 0 Å². The lowest BCUT2D eigenvalue weighted by Gasteiger charge is -2.38. The zero-order valence-corrected chi connectivity index (χ0v) is 22.0. The Kier molecular flexibility index (Phi) is 7.46. The van der Waals surface area contributed by atoms with Crippen LogP contribution in [0.1, 0.15) is 26.2 Å². The maximum Gasteiger partial charge on any atom is 0.249 e. The van der Waals surface area contributed by atoms with E-state index in [1.807, 2.05) is 36.1 Å². The Balaban J connectivity index is 1.51. The summed E-state index contributed by atoms with van der Waals surface area (Å²) in [4.78, 5) is 49.5. The van der Waals surface area contributed by atoms with Crippen LogP contribution in [0.3, 0.4) is 0 Å². The van der Waals surface area contributed by atoms with Gasteiger partial charge in [0.1, 0.15) is 11.6 Å². The number of unbranched alkanes of at least 4 members (excludes halogenated alkanes) is 1. The summed E-state index contributed by atoms with van der Waals surface area (Å²) >= 11 is 0. The first-order valence-corrected chi connectivity index (χ1v) is 13.7. The minimum Gasteiger partial charge on any atom is -0.396 e. The van der Waals surface area contributed by atoms with Gasteiger partial charge in [-0.1, -0.05) is 31.2 Å². The molecule has 1 spiro atoms. The van der Waals surface area contributed by atoms with Crippen LogP contribution in [0.25, 0.3) is 0 Å². The van der Waals surface area contributed by atoms with Gasteiger partial charge in [-0.3, -0.25) is 19.3 Å². The molecule has 5 aliphatic rings. The number of hydrogen-bond donors (Lipinski definition) is 1. The first-order valence-electron chi connectivity index (χ1n) is 13.7. The molecule has 204 valence electrons. The van der Waals surface area contributed by atoms with Crippen molar-refractivity contribution >= 4 is 17.7 Å². The van der Waals surface area contributed by atoms with E-state index < -0.39 is 29.1 Å². The normalized spacial score (nSPS) is 36.0. The van der Waals surface area contributed by atoms with E-state index in [0.717, 1.165) is 19.6 Å². The van der Waals surface area contributed by atoms with Crippen LogP contribution in [-0.4, -0.2) is 132 Å². The van der Waals surface area contributed by atoms with Crippen LogP contribution in [0.2, 0.25) is 0 Å². The molecule has 10 heteroatoms. The van der Waals surface area contributed by atoms with E-state index in [-0.39, 0.29) is 24.3 Å². The third-order valence-electron chi connectivity index (χ3n) is 8.82. The predicted octanol–water partition coefficient (Wildman–Crippen LogP) is -0.121. The molecule has 3 amide bonds. The van der Waals surface area contributed by atoms with Crippen molar-refractivity contribution in [1.29, 1.82) is 0 Å². The second-order valence-corrected chi connectivity index (χ2v) is 10.8. The summed E-state index contributed by atoms with van der Waals surface area (Å²) in [5.41, 5.74) is -2.15. The third-order valence-corrected chi connectivity index (χ3v) is 8.82. The summed E-state index contributed by atoms with van der Waals surface area (Å²) in [5.74, 6) is -1.92. The molecular formula is C27H40N4O6. The lowest BCUT2D eigenvalue weighted by Crippen LogP contribution is -2.57. The molecule has 5 atom stereocenters. The van der Waals surface area contributed by atoms with Crippen LogP contribution < -0.4 is 0 Å². The van der Waals surface area contributed by atoms with Gasteiger partial charge in [0.05, 0.1) is 30.7 Å². The fraction of sp³-hybridized carbons (Fsp3) is 0.741. The monoisotopic (exact) mass is 516 g/mol. The number of aliphatic hydroxyl groups is 1. The standard InChI is InChI=1S/C27H40N4O6/c1-3-26-8-6-10-28(2)23(33)20(26)21-24(34)31(12-4-5-17-32)22-25(35)30(11-7-9-27(21,22)37-26)14-13-29-15-18-36-19-16-29/h6-9,20-22,32H,3-5,10-19H2,1-2H3/t20-,21+,22?,26+,27+/m1/s1. The van der Waals surface area contributed by atoms with Crippen molar-refractivity contribution in [2.75, 3.05) is 72.7 Å². The Bertz CT molecular complexity index is 965. The number of hydrogen-bond acceptors (Lipinski definition) is 7. The van der Waals surface area contributed by atoms with Gasteiger partial charge in [0, 0.05) is 59.5 Å². The molecule has 37 heavy (non-hydrogen) atoms. The molecule has 0 aromatic rings. The summed E-state index contributed by atoms with van der Waals surface area (Å²) in [5, 5.41) is 9.36. The molecule has 0 aliphatic carbocycles. The van der Waals surface area contributed by atoms with E-state index in [0.29, 0.717) is 58.7 Å². The van der Waals surface area contributed by atoms with Crippen molar-refractivity contribution < 1.29 is 29.0 Å². The van der Waals surface area contributed by atoms with Crippen molar-refractivity contribution in [2.24, 2.45) is 11.8 Å². The minimum absolute atomic E-state index is 0.0208. The van der Waals surface area contributed by atoms with Crippen molar-refractivity contribution in [1.82, 2.24) is 19.6 Å². The van der Waals surface area contributed by atoms with Crippen molar-refractivity contribution in [3.8, 4) is 0 Å². The van der Waals surface area contributed by atoms with Gasteiger partial charge in [0.2, 0.25) is 17.7 Å². The number of amides is 3. The average molecular weight is 517 g/mol. The van der Waals surface area contributed by atoms with Gasteiger partial charge >= 0.3 is 0 Å². The Morgan fingerprint density at radius 2 is 1.70 bits per heavy atom.